The topological polar surface area (TPSA) is 22.2 Å². The molecule has 0 saturated carbocycles. The number of hydrogen-bond acceptors (Lipinski definition) is 1. The summed E-state index contributed by atoms with van der Waals surface area (Å²) in [6.07, 6.45) is 4.13. The molecule has 55 heavy (non-hydrogen) atoms. The van der Waals surface area contributed by atoms with Gasteiger partial charge in [0.25, 0.3) is 0 Å². The molecule has 0 unspecified atom stereocenters. The normalized spacial score (nSPS) is 13.1. The van der Waals surface area contributed by atoms with E-state index in [1.165, 1.54) is 83.1 Å². The number of fused-ring (bicyclic) bond motifs is 7. The Balaban J connectivity index is 1.12. The highest BCUT2D eigenvalue weighted by Gasteiger charge is 2.36. The van der Waals surface area contributed by atoms with Crippen LogP contribution in [0.2, 0.25) is 0 Å². The van der Waals surface area contributed by atoms with Crippen LogP contribution in [-0.4, -0.2) is 14.0 Å². The maximum Gasteiger partial charge on any atom is 0.137 e. The second kappa shape index (κ2) is 12.0. The summed E-state index contributed by atoms with van der Waals surface area (Å²) in [6, 6.07) is 64.3. The molecule has 0 spiro atoms. The van der Waals surface area contributed by atoms with E-state index in [1.54, 1.807) is 0 Å². The number of benzene rings is 7. The van der Waals surface area contributed by atoms with Crippen molar-refractivity contribution in [3.8, 4) is 61.6 Å². The summed E-state index contributed by atoms with van der Waals surface area (Å²) in [4.78, 5) is 4.84. The lowest BCUT2D eigenvalue weighted by molar-refractivity contribution is 0.660. The Bertz CT molecular complexity index is 3060. The van der Waals surface area contributed by atoms with Crippen molar-refractivity contribution in [2.75, 3.05) is 0 Å². The first-order valence-electron chi connectivity index (χ1n) is 19.0. The first-order chi connectivity index (χ1) is 27.0. The minimum Gasteiger partial charge on any atom is -0.309 e. The third-order valence-electron chi connectivity index (χ3n) is 11.8. The van der Waals surface area contributed by atoms with Crippen LogP contribution in [0.4, 0.5) is 0 Å². The molecule has 0 N–H and O–H groups in total. The van der Waals surface area contributed by atoms with Gasteiger partial charge in [0.2, 0.25) is 0 Å². The van der Waals surface area contributed by atoms with Gasteiger partial charge in [-0.2, -0.15) is 0 Å². The van der Waals surface area contributed by atoms with Gasteiger partial charge in [-0.05, 0) is 91.7 Å². The van der Waals surface area contributed by atoms with Crippen molar-refractivity contribution in [3.63, 3.8) is 0 Å². The Kier molecular flexibility index (Phi) is 6.90. The Morgan fingerprint density at radius 1 is 0.509 bits per heavy atom. The van der Waals surface area contributed by atoms with E-state index in [9.17, 15) is 0 Å². The zero-order chi connectivity index (χ0) is 36.7. The van der Waals surface area contributed by atoms with Gasteiger partial charge in [0.15, 0.2) is 0 Å². The number of nitrogens with zero attached hydrogens (tertiary/aromatic N) is 3. The molecule has 10 aromatic rings. The maximum absolute atomic E-state index is 4.84. The van der Waals surface area contributed by atoms with Crippen molar-refractivity contribution in [1.29, 1.82) is 0 Å². The lowest BCUT2D eigenvalue weighted by atomic mass is 9.82. The summed E-state index contributed by atoms with van der Waals surface area (Å²) in [6.45, 7) is 4.72. The fourth-order valence-corrected chi connectivity index (χ4v) is 9.06. The summed E-state index contributed by atoms with van der Waals surface area (Å²) in [5.74, 6) is 0. The van der Waals surface area contributed by atoms with Gasteiger partial charge < -0.3 is 8.97 Å². The van der Waals surface area contributed by atoms with Gasteiger partial charge >= 0.3 is 0 Å². The van der Waals surface area contributed by atoms with Crippen LogP contribution in [0.15, 0.2) is 188 Å². The zero-order valence-corrected chi connectivity index (χ0v) is 30.7. The summed E-state index contributed by atoms with van der Waals surface area (Å²) < 4.78 is 4.58. The van der Waals surface area contributed by atoms with Crippen molar-refractivity contribution >= 4 is 27.3 Å². The second-order valence-corrected chi connectivity index (χ2v) is 15.3. The Labute approximate surface area is 320 Å². The van der Waals surface area contributed by atoms with Gasteiger partial charge in [0, 0.05) is 40.0 Å². The van der Waals surface area contributed by atoms with Gasteiger partial charge in [0.1, 0.15) is 5.65 Å². The molecule has 260 valence electrons. The molecule has 0 amide bonds. The molecule has 3 heterocycles. The molecule has 3 aromatic heterocycles. The van der Waals surface area contributed by atoms with Crippen molar-refractivity contribution in [2.45, 2.75) is 19.3 Å². The SMILES string of the molecule is CC1(C)c2ccccc2-c2ccc(-n3c(-c4ccccc4)c(-c4ccccc4)c4c5ccc(-c6ccc(-c7cn8ccccc8n7)cc6)cc5ccc43)cc21. The molecule has 11 rings (SSSR count). The van der Waals surface area contributed by atoms with Gasteiger partial charge in [-0.1, -0.05) is 153 Å². The van der Waals surface area contributed by atoms with Crippen LogP contribution >= 0.6 is 0 Å². The monoisotopic (exact) mass is 703 g/mol. The minimum atomic E-state index is -0.103. The van der Waals surface area contributed by atoms with Gasteiger partial charge in [0.05, 0.1) is 16.9 Å². The van der Waals surface area contributed by atoms with E-state index < -0.39 is 0 Å². The maximum atomic E-state index is 4.84. The molecule has 0 saturated heterocycles. The van der Waals surface area contributed by atoms with Crippen LogP contribution in [-0.2, 0) is 5.41 Å². The molecule has 0 fully saturated rings. The molecular formula is C52H37N3. The van der Waals surface area contributed by atoms with Crippen LogP contribution in [0.5, 0.6) is 0 Å². The predicted molar refractivity (Wildman–Crippen MR) is 229 cm³/mol. The van der Waals surface area contributed by atoms with Crippen LogP contribution in [0.3, 0.4) is 0 Å². The number of aromatic nitrogens is 3. The summed E-state index contributed by atoms with van der Waals surface area (Å²) in [5.41, 5.74) is 17.9. The van der Waals surface area contributed by atoms with E-state index in [-0.39, 0.29) is 5.41 Å². The van der Waals surface area contributed by atoms with Gasteiger partial charge in [-0.3, -0.25) is 0 Å². The number of pyridine rings is 1. The number of hydrogen-bond donors (Lipinski definition) is 0. The molecule has 0 radical (unpaired) electrons. The van der Waals surface area contributed by atoms with E-state index >= 15 is 0 Å². The van der Waals surface area contributed by atoms with E-state index in [0.29, 0.717) is 0 Å². The van der Waals surface area contributed by atoms with E-state index in [1.807, 2.05) is 24.4 Å². The fourth-order valence-electron chi connectivity index (χ4n) is 9.06. The quantitative estimate of drug-likeness (QED) is 0.175. The molecule has 0 aliphatic heterocycles. The molecule has 0 bridgehead atoms. The number of rotatable bonds is 5. The van der Waals surface area contributed by atoms with E-state index in [0.717, 1.165) is 16.9 Å². The second-order valence-electron chi connectivity index (χ2n) is 15.3. The smallest absolute Gasteiger partial charge is 0.137 e. The lowest BCUT2D eigenvalue weighted by Gasteiger charge is -2.22. The van der Waals surface area contributed by atoms with Crippen molar-refractivity contribution in [2.24, 2.45) is 0 Å². The third kappa shape index (κ3) is 4.86. The summed E-state index contributed by atoms with van der Waals surface area (Å²) in [5, 5.41) is 3.72. The van der Waals surface area contributed by atoms with Gasteiger partial charge in [-0.25, -0.2) is 4.98 Å². The highest BCUT2D eigenvalue weighted by atomic mass is 15.0. The van der Waals surface area contributed by atoms with Crippen LogP contribution < -0.4 is 0 Å². The van der Waals surface area contributed by atoms with Crippen LogP contribution in [0.25, 0.3) is 88.9 Å². The van der Waals surface area contributed by atoms with Crippen molar-refractivity contribution < 1.29 is 0 Å². The molecule has 7 aromatic carbocycles. The van der Waals surface area contributed by atoms with E-state index in [4.69, 9.17) is 4.98 Å². The fraction of sp³-hybridized carbons (Fsp3) is 0.0577. The first kappa shape index (κ1) is 31.5. The molecule has 1 aliphatic carbocycles. The Hall–Kier alpha value is -6.97. The van der Waals surface area contributed by atoms with Crippen molar-refractivity contribution in [3.05, 3.63) is 199 Å². The molecule has 3 nitrogen and oxygen atoms in total. The standard InChI is InChI=1S/C52H37N3/c1-52(2)44-18-10-9-17-42(44)43-28-26-40(32-45(43)52)55-47-29-25-39-31-38(34-20-22-35(23-21-34)46-33-54-30-12-11-19-48(54)53-46)24-27-41(39)50(47)49(36-13-5-3-6-14-36)51(55)37-15-7-4-8-16-37/h3-33H,1-2H3. The average molecular weight is 704 g/mol. The van der Waals surface area contributed by atoms with Crippen LogP contribution in [0, 0.1) is 0 Å². The molecule has 1 aliphatic rings. The molecule has 0 atom stereocenters. The van der Waals surface area contributed by atoms with Gasteiger partial charge in [-0.15, -0.1) is 0 Å². The van der Waals surface area contributed by atoms with Crippen LogP contribution in [0.1, 0.15) is 25.0 Å². The first-order valence-corrected chi connectivity index (χ1v) is 19.0. The van der Waals surface area contributed by atoms with Crippen molar-refractivity contribution in [1.82, 2.24) is 14.0 Å². The highest BCUT2D eigenvalue weighted by molar-refractivity contribution is 6.19. The zero-order valence-electron chi connectivity index (χ0n) is 30.7. The third-order valence-corrected chi connectivity index (χ3v) is 11.8. The summed E-state index contributed by atoms with van der Waals surface area (Å²) >= 11 is 0. The highest BCUT2D eigenvalue weighted by Crippen LogP contribution is 2.51. The molecular weight excluding hydrogens is 667 g/mol. The largest absolute Gasteiger partial charge is 0.309 e. The molecule has 3 heteroatoms. The predicted octanol–water partition coefficient (Wildman–Crippen LogP) is 13.4. The number of imidazole rings is 1. The lowest BCUT2D eigenvalue weighted by Crippen LogP contribution is -2.15. The summed E-state index contributed by atoms with van der Waals surface area (Å²) in [7, 11) is 0. The minimum absolute atomic E-state index is 0.103. The Morgan fingerprint density at radius 3 is 2.00 bits per heavy atom. The van der Waals surface area contributed by atoms with E-state index in [2.05, 4.69) is 187 Å². The average Bonchev–Trinajstić information content (AvgIpc) is 3.90. The Morgan fingerprint density at radius 2 is 1.20 bits per heavy atom.